The molecular formula is C26H25N3O5. The van der Waals surface area contributed by atoms with Gasteiger partial charge < -0.3 is 19.8 Å². The van der Waals surface area contributed by atoms with E-state index in [4.69, 9.17) is 9.47 Å². The van der Waals surface area contributed by atoms with E-state index in [0.29, 0.717) is 33.5 Å². The highest BCUT2D eigenvalue weighted by Gasteiger charge is 2.14. The number of carbonyl (C=O) groups excluding carboxylic acids is 1. The lowest BCUT2D eigenvalue weighted by molar-refractivity contribution is 0.102. The molecule has 0 aliphatic heterocycles. The summed E-state index contributed by atoms with van der Waals surface area (Å²) in [7, 11) is 2.96. The van der Waals surface area contributed by atoms with Gasteiger partial charge in [-0.25, -0.2) is 4.79 Å². The third kappa shape index (κ3) is 4.56. The van der Waals surface area contributed by atoms with Crippen molar-refractivity contribution in [3.63, 3.8) is 0 Å². The van der Waals surface area contributed by atoms with Crippen LogP contribution in [-0.2, 0) is 13.0 Å². The molecule has 2 N–H and O–H groups in total. The van der Waals surface area contributed by atoms with E-state index in [1.54, 1.807) is 36.4 Å². The Morgan fingerprint density at radius 3 is 2.32 bits per heavy atom. The van der Waals surface area contributed by atoms with E-state index in [2.05, 4.69) is 17.2 Å². The van der Waals surface area contributed by atoms with Gasteiger partial charge in [0.2, 0.25) is 0 Å². The fourth-order valence-corrected chi connectivity index (χ4v) is 3.74. The maximum absolute atomic E-state index is 13.0. The number of anilines is 1. The van der Waals surface area contributed by atoms with Crippen LogP contribution < -0.4 is 26.0 Å². The maximum Gasteiger partial charge on any atom is 0.329 e. The number of hydrogen-bond donors (Lipinski definition) is 2. The van der Waals surface area contributed by atoms with Gasteiger partial charge >= 0.3 is 5.69 Å². The van der Waals surface area contributed by atoms with Crippen LogP contribution in [-0.4, -0.2) is 29.7 Å². The lowest BCUT2D eigenvalue weighted by atomic mass is 10.1. The second-order valence-corrected chi connectivity index (χ2v) is 7.78. The van der Waals surface area contributed by atoms with Crippen LogP contribution in [0.4, 0.5) is 5.69 Å². The molecule has 1 amide bonds. The number of rotatable bonds is 7. The Labute approximate surface area is 195 Å². The number of fused-ring (bicyclic) bond motifs is 1. The van der Waals surface area contributed by atoms with Crippen LogP contribution in [0.2, 0.25) is 0 Å². The number of methoxy groups -OCH3 is 2. The second-order valence-electron chi connectivity index (χ2n) is 7.78. The van der Waals surface area contributed by atoms with E-state index in [0.717, 1.165) is 22.2 Å². The first kappa shape index (κ1) is 22.8. The molecule has 1 heterocycles. The lowest BCUT2D eigenvalue weighted by Crippen LogP contribution is -2.35. The predicted octanol–water partition coefficient (Wildman–Crippen LogP) is 3.57. The fraction of sp³-hybridized carbons (Fsp3) is 0.192. The number of hydrogen-bond acceptors (Lipinski definition) is 5. The fourth-order valence-electron chi connectivity index (χ4n) is 3.74. The molecule has 0 saturated carbocycles. The lowest BCUT2D eigenvalue weighted by Gasteiger charge is -2.11. The molecule has 0 fully saturated rings. The van der Waals surface area contributed by atoms with Crippen molar-refractivity contribution in [2.75, 3.05) is 19.5 Å². The Kier molecular flexibility index (Phi) is 6.49. The van der Waals surface area contributed by atoms with Gasteiger partial charge in [0, 0.05) is 17.3 Å². The number of amides is 1. The highest BCUT2D eigenvalue weighted by Crippen LogP contribution is 2.29. The highest BCUT2D eigenvalue weighted by molar-refractivity contribution is 6.04. The predicted molar refractivity (Wildman–Crippen MR) is 131 cm³/mol. The van der Waals surface area contributed by atoms with Crippen LogP contribution in [0.25, 0.3) is 10.9 Å². The molecule has 0 aliphatic rings. The Hall–Kier alpha value is -4.33. The monoisotopic (exact) mass is 459 g/mol. The van der Waals surface area contributed by atoms with Crippen LogP contribution in [0.15, 0.2) is 70.3 Å². The van der Waals surface area contributed by atoms with Gasteiger partial charge in [0.05, 0.1) is 31.7 Å². The minimum absolute atomic E-state index is 0.0545. The summed E-state index contributed by atoms with van der Waals surface area (Å²) in [4.78, 5) is 41.0. The van der Waals surface area contributed by atoms with E-state index in [1.807, 2.05) is 24.3 Å². The summed E-state index contributed by atoms with van der Waals surface area (Å²) in [6, 6.07) is 17.6. The smallest absolute Gasteiger partial charge is 0.329 e. The highest BCUT2D eigenvalue weighted by atomic mass is 16.5. The molecule has 174 valence electrons. The number of aromatic amines is 1. The normalized spacial score (nSPS) is 10.8. The maximum atomic E-state index is 13.0. The van der Waals surface area contributed by atoms with Crippen molar-refractivity contribution >= 4 is 22.5 Å². The number of nitrogens with zero attached hydrogens (tertiary/aromatic N) is 1. The standard InChI is InChI=1S/C26H25N3O5/c1-4-16-6-5-7-19(12-16)27-24(30)18-10-8-17(9-11-18)15-29-25(31)20-13-22(33-2)23(34-3)14-21(20)28-26(29)32/h5-14H,4,15H2,1-3H3,(H,27,30)(H,28,32). The number of aromatic nitrogens is 2. The first-order valence-electron chi connectivity index (χ1n) is 10.8. The van der Waals surface area contributed by atoms with Gasteiger partial charge in [-0.15, -0.1) is 0 Å². The molecule has 1 aromatic heterocycles. The van der Waals surface area contributed by atoms with Crippen molar-refractivity contribution in [2.45, 2.75) is 19.9 Å². The summed E-state index contributed by atoms with van der Waals surface area (Å²) in [5.41, 5.74) is 2.42. The van der Waals surface area contributed by atoms with Gasteiger partial charge in [-0.2, -0.15) is 0 Å². The SMILES string of the molecule is CCc1cccc(NC(=O)c2ccc(Cn3c(=O)[nH]c4cc(OC)c(OC)cc4c3=O)cc2)c1. The second kappa shape index (κ2) is 9.66. The molecule has 8 heteroatoms. The number of aryl methyl sites for hydroxylation is 1. The average Bonchev–Trinajstić information content (AvgIpc) is 2.86. The van der Waals surface area contributed by atoms with E-state index in [9.17, 15) is 14.4 Å². The quantitative estimate of drug-likeness (QED) is 0.440. The summed E-state index contributed by atoms with van der Waals surface area (Å²) in [5, 5.41) is 3.20. The molecule has 0 saturated heterocycles. The molecule has 3 aromatic carbocycles. The van der Waals surface area contributed by atoms with E-state index < -0.39 is 11.2 Å². The molecule has 0 radical (unpaired) electrons. The summed E-state index contributed by atoms with van der Waals surface area (Å²) in [5.74, 6) is 0.574. The zero-order valence-electron chi connectivity index (χ0n) is 19.2. The van der Waals surface area contributed by atoms with Crippen molar-refractivity contribution in [1.29, 1.82) is 0 Å². The third-order valence-corrected chi connectivity index (χ3v) is 5.64. The summed E-state index contributed by atoms with van der Waals surface area (Å²) in [6.07, 6.45) is 0.881. The van der Waals surface area contributed by atoms with E-state index in [1.165, 1.54) is 14.2 Å². The van der Waals surface area contributed by atoms with Crippen molar-refractivity contribution in [1.82, 2.24) is 9.55 Å². The molecule has 0 aliphatic carbocycles. The minimum Gasteiger partial charge on any atom is -0.493 e. The molecule has 8 nitrogen and oxygen atoms in total. The number of ether oxygens (including phenoxy) is 2. The van der Waals surface area contributed by atoms with Crippen molar-refractivity contribution < 1.29 is 14.3 Å². The first-order valence-corrected chi connectivity index (χ1v) is 10.8. The zero-order valence-corrected chi connectivity index (χ0v) is 19.2. The summed E-state index contributed by atoms with van der Waals surface area (Å²) < 4.78 is 11.6. The van der Waals surface area contributed by atoms with Crippen molar-refractivity contribution in [2.24, 2.45) is 0 Å². The zero-order chi connectivity index (χ0) is 24.2. The van der Waals surface area contributed by atoms with Crippen molar-refractivity contribution in [3.8, 4) is 11.5 Å². The molecule has 0 unspecified atom stereocenters. The number of nitrogens with one attached hydrogen (secondary N) is 2. The molecular weight excluding hydrogens is 434 g/mol. The Morgan fingerprint density at radius 2 is 1.65 bits per heavy atom. The minimum atomic E-state index is -0.539. The van der Waals surface area contributed by atoms with Gasteiger partial charge in [-0.3, -0.25) is 14.2 Å². The largest absolute Gasteiger partial charge is 0.493 e. The molecule has 34 heavy (non-hydrogen) atoms. The first-order chi connectivity index (χ1) is 16.4. The van der Waals surface area contributed by atoms with Crippen LogP contribution in [0, 0.1) is 0 Å². The molecule has 0 spiro atoms. The van der Waals surface area contributed by atoms with Crippen LogP contribution in [0.3, 0.4) is 0 Å². The number of H-pyrrole nitrogens is 1. The summed E-state index contributed by atoms with van der Waals surface area (Å²) >= 11 is 0. The number of carbonyl (C=O) groups is 1. The summed E-state index contributed by atoms with van der Waals surface area (Å²) in [6.45, 7) is 2.11. The van der Waals surface area contributed by atoms with Crippen LogP contribution in [0.1, 0.15) is 28.4 Å². The van der Waals surface area contributed by atoms with Crippen molar-refractivity contribution in [3.05, 3.63) is 98.2 Å². The Balaban J connectivity index is 1.58. The molecule has 4 rings (SSSR count). The molecule has 0 atom stereocenters. The van der Waals surface area contributed by atoms with E-state index >= 15 is 0 Å². The topological polar surface area (TPSA) is 102 Å². The van der Waals surface area contributed by atoms with Gasteiger partial charge in [-0.1, -0.05) is 31.2 Å². The molecule has 4 aromatic rings. The Morgan fingerprint density at radius 1 is 0.941 bits per heavy atom. The van der Waals surface area contributed by atoms with Crippen LogP contribution in [0.5, 0.6) is 11.5 Å². The average molecular weight is 460 g/mol. The van der Waals surface area contributed by atoms with Gasteiger partial charge in [0.15, 0.2) is 11.5 Å². The van der Waals surface area contributed by atoms with E-state index in [-0.39, 0.29) is 12.5 Å². The van der Waals surface area contributed by atoms with Gasteiger partial charge in [0.25, 0.3) is 11.5 Å². The Bertz CT molecular complexity index is 1470. The molecule has 0 bridgehead atoms. The van der Waals surface area contributed by atoms with Crippen LogP contribution >= 0.6 is 0 Å². The number of benzene rings is 3. The third-order valence-electron chi connectivity index (χ3n) is 5.64. The van der Waals surface area contributed by atoms with Gasteiger partial charge in [-0.05, 0) is 47.9 Å². The van der Waals surface area contributed by atoms with Gasteiger partial charge in [0.1, 0.15) is 0 Å².